The van der Waals surface area contributed by atoms with Crippen LogP contribution in [0, 0.1) is 10.1 Å². The van der Waals surface area contributed by atoms with Crippen molar-refractivity contribution in [3.8, 4) is 5.75 Å². The molecule has 156 valence electrons. The molecule has 8 nitrogen and oxygen atoms in total. The van der Waals surface area contributed by atoms with Crippen molar-refractivity contribution >= 4 is 17.3 Å². The second kappa shape index (κ2) is 8.43. The minimum atomic E-state index is -0.470. The van der Waals surface area contributed by atoms with Gasteiger partial charge in [0.2, 0.25) is 0 Å². The molecule has 2 aromatic carbocycles. The molecule has 1 aliphatic rings. The molecule has 0 spiro atoms. The highest BCUT2D eigenvalue weighted by Gasteiger charge is 2.47. The maximum absolute atomic E-state index is 11.2. The molecule has 1 fully saturated rings. The largest absolute Gasteiger partial charge is 0.484 e. The van der Waals surface area contributed by atoms with E-state index in [1.165, 1.54) is 6.07 Å². The van der Waals surface area contributed by atoms with E-state index in [2.05, 4.69) is 4.98 Å². The minimum Gasteiger partial charge on any atom is -0.484 e. The van der Waals surface area contributed by atoms with E-state index in [-0.39, 0.29) is 24.1 Å². The van der Waals surface area contributed by atoms with Crippen molar-refractivity contribution < 1.29 is 14.5 Å². The summed E-state index contributed by atoms with van der Waals surface area (Å²) in [7, 11) is 1.89. The van der Waals surface area contributed by atoms with E-state index in [9.17, 15) is 10.1 Å². The summed E-state index contributed by atoms with van der Waals surface area (Å²) >= 11 is 6.09. The molecule has 1 aromatic heterocycles. The Bertz CT molecular complexity index is 1010. The molecule has 2 atom stereocenters. The highest BCUT2D eigenvalue weighted by molar-refractivity contribution is 6.30. The van der Waals surface area contributed by atoms with E-state index >= 15 is 0 Å². The number of halogens is 1. The van der Waals surface area contributed by atoms with Gasteiger partial charge in [0, 0.05) is 43.5 Å². The molecular weight excluding hydrogens is 408 g/mol. The molecule has 9 heteroatoms. The van der Waals surface area contributed by atoms with Crippen LogP contribution in [0.1, 0.15) is 12.0 Å². The average molecular weight is 429 g/mol. The molecule has 30 heavy (non-hydrogen) atoms. The van der Waals surface area contributed by atoms with E-state index in [1.807, 2.05) is 47.1 Å². The molecule has 0 amide bonds. The fourth-order valence-electron chi connectivity index (χ4n) is 3.87. The number of likely N-dealkylation sites (N-methyl/N-ethyl adjacent to an activating group) is 1. The summed E-state index contributed by atoms with van der Waals surface area (Å²) in [6.45, 7) is 0.807. The van der Waals surface area contributed by atoms with E-state index in [1.54, 1.807) is 30.7 Å². The van der Waals surface area contributed by atoms with Crippen molar-refractivity contribution in [3.63, 3.8) is 0 Å². The number of hydrogen-bond acceptors (Lipinski definition) is 6. The number of rotatable bonds is 7. The lowest BCUT2D eigenvalue weighted by Gasteiger charge is -2.34. The summed E-state index contributed by atoms with van der Waals surface area (Å²) in [4.78, 5) is 21.0. The van der Waals surface area contributed by atoms with Crippen molar-refractivity contribution in [1.82, 2.24) is 14.6 Å². The topological polar surface area (TPSA) is 82.7 Å². The van der Waals surface area contributed by atoms with Crippen LogP contribution >= 0.6 is 11.6 Å². The van der Waals surface area contributed by atoms with Gasteiger partial charge < -0.3 is 9.30 Å². The minimum absolute atomic E-state index is 0.0637. The first-order chi connectivity index (χ1) is 14.5. The predicted octanol–water partition coefficient (Wildman–Crippen LogP) is 4.05. The molecule has 2 heterocycles. The van der Waals surface area contributed by atoms with Gasteiger partial charge in [-0.05, 0) is 23.8 Å². The molecule has 1 saturated heterocycles. The number of ether oxygens (including phenoxy) is 1. The molecule has 0 saturated carbocycles. The zero-order valence-corrected chi connectivity index (χ0v) is 17.1. The maximum atomic E-state index is 11.2. The Hall–Kier alpha value is -2.94. The van der Waals surface area contributed by atoms with Gasteiger partial charge in [-0.3, -0.25) is 15.0 Å². The van der Waals surface area contributed by atoms with Crippen LogP contribution in [-0.2, 0) is 16.9 Å². The van der Waals surface area contributed by atoms with Crippen molar-refractivity contribution in [3.05, 3.63) is 88.0 Å². The lowest BCUT2D eigenvalue weighted by molar-refractivity contribution is -0.386. The predicted molar refractivity (Wildman–Crippen MR) is 111 cm³/mol. The summed E-state index contributed by atoms with van der Waals surface area (Å²) in [6.07, 6.45) is 5.75. The van der Waals surface area contributed by atoms with Crippen LogP contribution in [0.15, 0.2) is 67.3 Å². The van der Waals surface area contributed by atoms with Gasteiger partial charge in [0.15, 0.2) is 5.75 Å². The first-order valence-corrected chi connectivity index (χ1v) is 9.84. The average Bonchev–Trinajstić information content (AvgIpc) is 3.35. The van der Waals surface area contributed by atoms with Gasteiger partial charge >= 0.3 is 5.69 Å². The second-order valence-electron chi connectivity index (χ2n) is 7.24. The maximum Gasteiger partial charge on any atom is 0.310 e. The Balaban J connectivity index is 1.57. The Labute approximate surface area is 178 Å². The van der Waals surface area contributed by atoms with Crippen LogP contribution in [0.2, 0.25) is 5.02 Å². The Morgan fingerprint density at radius 3 is 2.77 bits per heavy atom. The van der Waals surface area contributed by atoms with Gasteiger partial charge in [-0.15, -0.1) is 0 Å². The van der Waals surface area contributed by atoms with E-state index in [0.717, 1.165) is 5.56 Å². The number of hydroxylamine groups is 2. The van der Waals surface area contributed by atoms with Crippen LogP contribution in [0.4, 0.5) is 5.69 Å². The van der Waals surface area contributed by atoms with Gasteiger partial charge in [-0.25, -0.2) is 4.98 Å². The highest BCUT2D eigenvalue weighted by atomic mass is 35.5. The lowest BCUT2D eigenvalue weighted by atomic mass is 9.85. The van der Waals surface area contributed by atoms with E-state index < -0.39 is 10.5 Å². The van der Waals surface area contributed by atoms with Gasteiger partial charge in [0.25, 0.3) is 0 Å². The van der Waals surface area contributed by atoms with Crippen LogP contribution in [0.3, 0.4) is 0 Å². The SMILES string of the molecule is CN1OC(COc2ccccc2[N+](=O)[O-])CC1(Cn1ccnc1)c1ccc(Cl)cc1. The number of nitro groups is 1. The van der Waals surface area contributed by atoms with Crippen molar-refractivity contribution in [2.24, 2.45) is 0 Å². The van der Waals surface area contributed by atoms with Crippen LogP contribution in [0.5, 0.6) is 5.75 Å². The number of nitrogens with zero attached hydrogens (tertiary/aromatic N) is 4. The van der Waals surface area contributed by atoms with E-state index in [0.29, 0.717) is 18.0 Å². The molecular formula is C21H21ClN4O4. The third-order valence-corrected chi connectivity index (χ3v) is 5.60. The first-order valence-electron chi connectivity index (χ1n) is 9.46. The second-order valence-corrected chi connectivity index (χ2v) is 7.67. The smallest absolute Gasteiger partial charge is 0.310 e. The standard InChI is InChI=1S/C21H21ClN4O4/c1-24-21(14-25-11-10-23-15-25,16-6-8-17(22)9-7-16)12-18(30-24)13-29-20-5-3-2-4-19(20)26(27)28/h2-11,15,18H,12-14H2,1H3. The molecule has 0 N–H and O–H groups in total. The Kier molecular flexibility index (Phi) is 5.72. The number of benzene rings is 2. The third-order valence-electron chi connectivity index (χ3n) is 5.35. The van der Waals surface area contributed by atoms with Crippen molar-refractivity contribution in [2.75, 3.05) is 13.7 Å². The fraction of sp³-hybridized carbons (Fsp3) is 0.286. The number of para-hydroxylation sites is 2. The molecule has 3 aromatic rings. The van der Waals surface area contributed by atoms with Crippen molar-refractivity contribution in [2.45, 2.75) is 24.6 Å². The Morgan fingerprint density at radius 2 is 2.07 bits per heavy atom. The van der Waals surface area contributed by atoms with Gasteiger partial charge in [-0.2, -0.15) is 5.06 Å². The molecule has 0 radical (unpaired) electrons. The summed E-state index contributed by atoms with van der Waals surface area (Å²) in [5.74, 6) is 0.229. The third kappa shape index (κ3) is 4.02. The van der Waals surface area contributed by atoms with Gasteiger partial charge in [0.1, 0.15) is 12.7 Å². The summed E-state index contributed by atoms with van der Waals surface area (Å²) in [6, 6.07) is 14.0. The normalized spacial score (nSPS) is 21.6. The van der Waals surface area contributed by atoms with Gasteiger partial charge in [-0.1, -0.05) is 35.9 Å². The number of hydrogen-bond donors (Lipinski definition) is 0. The molecule has 0 bridgehead atoms. The van der Waals surface area contributed by atoms with Gasteiger partial charge in [0.05, 0.1) is 16.8 Å². The highest BCUT2D eigenvalue weighted by Crippen LogP contribution is 2.41. The number of imidazole rings is 1. The summed E-state index contributed by atoms with van der Waals surface area (Å²) < 4.78 is 7.78. The lowest BCUT2D eigenvalue weighted by Crippen LogP contribution is -2.41. The molecule has 0 aliphatic carbocycles. The zero-order valence-electron chi connectivity index (χ0n) is 16.3. The first kappa shape index (κ1) is 20.3. The summed E-state index contributed by atoms with van der Waals surface area (Å²) in [5, 5.41) is 13.7. The Morgan fingerprint density at radius 1 is 1.30 bits per heavy atom. The summed E-state index contributed by atoms with van der Waals surface area (Å²) in [5.41, 5.74) is 0.518. The molecule has 2 unspecified atom stereocenters. The molecule has 4 rings (SSSR count). The molecule has 1 aliphatic heterocycles. The van der Waals surface area contributed by atoms with Crippen LogP contribution < -0.4 is 4.74 Å². The number of aromatic nitrogens is 2. The van der Waals surface area contributed by atoms with Crippen LogP contribution in [0.25, 0.3) is 0 Å². The fourth-order valence-corrected chi connectivity index (χ4v) is 3.99. The van der Waals surface area contributed by atoms with Crippen molar-refractivity contribution in [1.29, 1.82) is 0 Å². The van der Waals surface area contributed by atoms with Crippen LogP contribution in [-0.4, -0.2) is 39.3 Å². The van der Waals surface area contributed by atoms with E-state index in [4.69, 9.17) is 21.2 Å². The number of nitro benzene ring substituents is 1. The monoisotopic (exact) mass is 428 g/mol. The zero-order chi connectivity index (χ0) is 21.1. The quantitative estimate of drug-likeness (QED) is 0.417.